The van der Waals surface area contributed by atoms with Crippen molar-refractivity contribution in [3.8, 4) is 5.69 Å². The molecule has 0 aliphatic heterocycles. The Kier molecular flexibility index (Phi) is 4.84. The summed E-state index contributed by atoms with van der Waals surface area (Å²) in [5.74, 6) is -0.745. The second kappa shape index (κ2) is 7.21. The molecule has 5 nitrogen and oxygen atoms in total. The number of para-hydroxylation sites is 1. The van der Waals surface area contributed by atoms with Gasteiger partial charge in [-0.05, 0) is 50.2 Å². The van der Waals surface area contributed by atoms with Gasteiger partial charge in [0.1, 0.15) is 5.69 Å². The number of hydrogen-bond acceptors (Lipinski definition) is 4. The summed E-state index contributed by atoms with van der Waals surface area (Å²) in [6.07, 6.45) is 0. The van der Waals surface area contributed by atoms with Gasteiger partial charge in [0.2, 0.25) is 0 Å². The molecule has 0 aliphatic rings. The minimum absolute atomic E-state index is 0.308. The predicted octanol–water partition coefficient (Wildman–Crippen LogP) is 3.98. The van der Waals surface area contributed by atoms with Gasteiger partial charge in [-0.1, -0.05) is 18.2 Å². The number of carbonyl (C=O) groups excluding carboxylic acids is 2. The molecule has 1 heterocycles. The van der Waals surface area contributed by atoms with Crippen LogP contribution in [0.1, 0.15) is 34.7 Å². The van der Waals surface area contributed by atoms with Crippen LogP contribution in [0.3, 0.4) is 0 Å². The van der Waals surface area contributed by atoms with Crippen LogP contribution in [-0.2, 0) is 9.47 Å². The van der Waals surface area contributed by atoms with E-state index in [4.69, 9.17) is 9.47 Å². The largest absolute Gasteiger partial charge is 0.462 e. The molecule has 1 aromatic heterocycles. The Morgan fingerprint density at radius 2 is 1.52 bits per heavy atom. The van der Waals surface area contributed by atoms with Gasteiger partial charge in [0.05, 0.1) is 24.3 Å². The van der Waals surface area contributed by atoms with Crippen molar-refractivity contribution in [3.63, 3.8) is 0 Å². The fourth-order valence-corrected chi connectivity index (χ4v) is 2.75. The quantitative estimate of drug-likeness (QED) is 0.661. The summed E-state index contributed by atoms with van der Waals surface area (Å²) in [7, 11) is 0. The fraction of sp³-hybridized carbons (Fsp3) is 0.200. The van der Waals surface area contributed by atoms with E-state index < -0.39 is 0 Å². The minimum Gasteiger partial charge on any atom is -0.462 e. The summed E-state index contributed by atoms with van der Waals surface area (Å²) < 4.78 is 12.0. The number of fused-ring (bicyclic) bond motifs is 1. The van der Waals surface area contributed by atoms with Gasteiger partial charge in [-0.2, -0.15) is 0 Å². The fourth-order valence-electron chi connectivity index (χ4n) is 2.75. The molecule has 3 rings (SSSR count). The monoisotopic (exact) mass is 337 g/mol. The predicted molar refractivity (Wildman–Crippen MR) is 95.2 cm³/mol. The van der Waals surface area contributed by atoms with E-state index in [1.807, 2.05) is 34.9 Å². The first-order chi connectivity index (χ1) is 12.2. The molecular formula is C20H19NO4. The molecule has 0 unspecified atom stereocenters. The van der Waals surface area contributed by atoms with E-state index in [1.54, 1.807) is 38.1 Å². The van der Waals surface area contributed by atoms with E-state index >= 15 is 0 Å². The number of hydrogen-bond donors (Lipinski definition) is 0. The van der Waals surface area contributed by atoms with Gasteiger partial charge in [0, 0.05) is 11.1 Å². The van der Waals surface area contributed by atoms with Crippen molar-refractivity contribution in [1.82, 2.24) is 4.57 Å². The number of carbonyl (C=O) groups is 2. The highest BCUT2D eigenvalue weighted by atomic mass is 16.5. The average molecular weight is 337 g/mol. The van der Waals surface area contributed by atoms with Crippen LogP contribution in [0.2, 0.25) is 0 Å². The molecule has 128 valence electrons. The van der Waals surface area contributed by atoms with Gasteiger partial charge in [0.15, 0.2) is 0 Å². The Morgan fingerprint density at radius 3 is 2.20 bits per heavy atom. The summed E-state index contributed by atoms with van der Waals surface area (Å²) in [6.45, 7) is 4.18. The van der Waals surface area contributed by atoms with E-state index in [1.165, 1.54) is 0 Å². The first-order valence-corrected chi connectivity index (χ1v) is 8.20. The molecular weight excluding hydrogens is 318 g/mol. The normalized spacial score (nSPS) is 10.6. The van der Waals surface area contributed by atoms with Gasteiger partial charge >= 0.3 is 11.9 Å². The first-order valence-electron chi connectivity index (χ1n) is 8.20. The Hall–Kier alpha value is -3.08. The van der Waals surface area contributed by atoms with Crippen molar-refractivity contribution in [2.24, 2.45) is 0 Å². The first kappa shape index (κ1) is 16.8. The Bertz CT molecular complexity index is 909. The van der Waals surface area contributed by atoms with Crippen LogP contribution in [0.25, 0.3) is 16.6 Å². The standard InChI is InChI=1S/C20H19NO4/c1-3-24-19(22)14-9-11-16(12-10-14)21-17-8-6-5-7-15(17)13-18(21)20(23)25-4-2/h5-13H,3-4H2,1-2H3. The summed E-state index contributed by atoms with van der Waals surface area (Å²) in [5, 5.41) is 0.944. The second-order valence-corrected chi connectivity index (χ2v) is 5.41. The molecule has 0 saturated heterocycles. The minimum atomic E-state index is -0.381. The van der Waals surface area contributed by atoms with Crippen LogP contribution in [0.4, 0.5) is 0 Å². The highest BCUT2D eigenvalue weighted by molar-refractivity contribution is 5.97. The van der Waals surface area contributed by atoms with Crippen LogP contribution in [0.15, 0.2) is 54.6 Å². The third-order valence-electron chi connectivity index (χ3n) is 3.83. The van der Waals surface area contributed by atoms with Crippen LogP contribution in [-0.4, -0.2) is 29.7 Å². The van der Waals surface area contributed by atoms with E-state index in [0.717, 1.165) is 16.6 Å². The van der Waals surface area contributed by atoms with Gasteiger partial charge in [-0.3, -0.25) is 0 Å². The number of aromatic nitrogens is 1. The maximum atomic E-state index is 12.4. The number of nitrogens with zero attached hydrogens (tertiary/aromatic N) is 1. The Balaban J connectivity index is 2.09. The van der Waals surface area contributed by atoms with E-state index in [2.05, 4.69) is 0 Å². The lowest BCUT2D eigenvalue weighted by Crippen LogP contribution is -2.11. The van der Waals surface area contributed by atoms with Gasteiger partial charge < -0.3 is 14.0 Å². The highest BCUT2D eigenvalue weighted by Crippen LogP contribution is 2.25. The van der Waals surface area contributed by atoms with Crippen LogP contribution < -0.4 is 0 Å². The Labute approximate surface area is 145 Å². The highest BCUT2D eigenvalue weighted by Gasteiger charge is 2.18. The van der Waals surface area contributed by atoms with Crippen molar-refractivity contribution in [3.05, 3.63) is 65.9 Å². The summed E-state index contributed by atoms with van der Waals surface area (Å²) in [5.41, 5.74) is 2.60. The molecule has 0 aliphatic carbocycles. The summed E-state index contributed by atoms with van der Waals surface area (Å²) in [4.78, 5) is 24.2. The van der Waals surface area contributed by atoms with Gasteiger partial charge in [0.25, 0.3) is 0 Å². The van der Waals surface area contributed by atoms with E-state index in [9.17, 15) is 9.59 Å². The zero-order valence-electron chi connectivity index (χ0n) is 14.2. The SMILES string of the molecule is CCOC(=O)c1ccc(-n2c(C(=O)OCC)cc3ccccc32)cc1. The lowest BCUT2D eigenvalue weighted by molar-refractivity contribution is 0.0510. The molecule has 0 radical (unpaired) electrons. The van der Waals surface area contributed by atoms with Crippen LogP contribution in [0, 0.1) is 0 Å². The third-order valence-corrected chi connectivity index (χ3v) is 3.83. The number of rotatable bonds is 5. The zero-order valence-corrected chi connectivity index (χ0v) is 14.2. The number of esters is 2. The molecule has 0 saturated carbocycles. The lowest BCUT2D eigenvalue weighted by Gasteiger charge is -2.11. The zero-order chi connectivity index (χ0) is 17.8. The molecule has 5 heteroatoms. The van der Waals surface area contributed by atoms with Crippen molar-refractivity contribution in [1.29, 1.82) is 0 Å². The topological polar surface area (TPSA) is 57.5 Å². The molecule has 0 N–H and O–H groups in total. The smallest absolute Gasteiger partial charge is 0.355 e. The second-order valence-electron chi connectivity index (χ2n) is 5.41. The maximum Gasteiger partial charge on any atom is 0.355 e. The molecule has 2 aromatic carbocycles. The maximum absolute atomic E-state index is 12.4. The summed E-state index contributed by atoms with van der Waals surface area (Å²) in [6, 6.07) is 16.5. The van der Waals surface area contributed by atoms with Crippen molar-refractivity contribution < 1.29 is 19.1 Å². The molecule has 0 fully saturated rings. The molecule has 25 heavy (non-hydrogen) atoms. The summed E-state index contributed by atoms with van der Waals surface area (Å²) >= 11 is 0. The molecule has 0 bridgehead atoms. The van der Waals surface area contributed by atoms with Crippen molar-refractivity contribution in [2.45, 2.75) is 13.8 Å². The number of benzene rings is 2. The average Bonchev–Trinajstić information content (AvgIpc) is 3.02. The molecule has 0 spiro atoms. The van der Waals surface area contributed by atoms with E-state index in [0.29, 0.717) is 24.5 Å². The van der Waals surface area contributed by atoms with Crippen molar-refractivity contribution >= 4 is 22.8 Å². The van der Waals surface area contributed by atoms with Gasteiger partial charge in [-0.25, -0.2) is 9.59 Å². The lowest BCUT2D eigenvalue weighted by atomic mass is 10.2. The van der Waals surface area contributed by atoms with Crippen molar-refractivity contribution in [2.75, 3.05) is 13.2 Å². The molecule has 0 amide bonds. The number of ether oxygens (including phenoxy) is 2. The van der Waals surface area contributed by atoms with Crippen LogP contribution in [0.5, 0.6) is 0 Å². The molecule has 3 aromatic rings. The van der Waals surface area contributed by atoms with E-state index in [-0.39, 0.29) is 11.9 Å². The van der Waals surface area contributed by atoms with Gasteiger partial charge in [-0.15, -0.1) is 0 Å². The molecule has 0 atom stereocenters. The van der Waals surface area contributed by atoms with Crippen LogP contribution >= 0.6 is 0 Å². The third kappa shape index (κ3) is 3.26. The Morgan fingerprint density at radius 1 is 0.880 bits per heavy atom.